The highest BCUT2D eigenvalue weighted by Gasteiger charge is 2.38. The van der Waals surface area contributed by atoms with E-state index in [1.54, 1.807) is 0 Å². The van der Waals surface area contributed by atoms with Gasteiger partial charge >= 0.3 is 5.97 Å². The maximum Gasteiger partial charge on any atom is 0.305 e. The second-order valence-corrected chi connectivity index (χ2v) is 5.36. The molecule has 0 radical (unpaired) electrons. The molecule has 0 saturated carbocycles. The van der Waals surface area contributed by atoms with Crippen LogP contribution >= 0.6 is 0 Å². The number of hydrogen-bond donors (Lipinski definition) is 3. The van der Waals surface area contributed by atoms with Crippen molar-refractivity contribution in [3.63, 3.8) is 0 Å². The quantitative estimate of drug-likeness (QED) is 0.746. The van der Waals surface area contributed by atoms with E-state index in [4.69, 9.17) is 5.11 Å². The molecule has 2 rings (SSSR count). The summed E-state index contributed by atoms with van der Waals surface area (Å²) in [6.45, 7) is 5.71. The molecule has 1 aromatic rings. The van der Waals surface area contributed by atoms with E-state index in [0.717, 1.165) is 5.69 Å². The molecule has 1 heterocycles. The molecule has 1 aliphatic heterocycles. The van der Waals surface area contributed by atoms with E-state index < -0.39 is 5.97 Å². The van der Waals surface area contributed by atoms with Crippen molar-refractivity contribution in [2.45, 2.75) is 31.7 Å². The van der Waals surface area contributed by atoms with E-state index in [2.05, 4.69) is 36.6 Å². The predicted octanol–water partition coefficient (Wildman–Crippen LogP) is 2.04. The average Bonchev–Trinajstić information content (AvgIpc) is 2.26. The number of aliphatic carboxylic acids is 1. The zero-order chi connectivity index (χ0) is 13.2. The average molecular weight is 248 g/mol. The first-order valence-corrected chi connectivity index (χ1v) is 6.31. The minimum Gasteiger partial charge on any atom is -0.481 e. The van der Waals surface area contributed by atoms with E-state index in [9.17, 15) is 4.79 Å². The molecule has 0 unspecified atom stereocenters. The van der Waals surface area contributed by atoms with Crippen LogP contribution in [0.1, 0.15) is 31.7 Å². The zero-order valence-electron chi connectivity index (χ0n) is 10.9. The molecule has 0 atom stereocenters. The molecule has 3 N–H and O–H groups in total. The van der Waals surface area contributed by atoms with Gasteiger partial charge in [-0.15, -0.1) is 0 Å². The maximum atomic E-state index is 10.9. The maximum absolute atomic E-state index is 10.9. The molecule has 0 aromatic heterocycles. The van der Waals surface area contributed by atoms with E-state index in [-0.39, 0.29) is 12.0 Å². The monoisotopic (exact) mass is 248 g/mol. The number of carboxylic acids is 1. The summed E-state index contributed by atoms with van der Waals surface area (Å²) in [6.07, 6.45) is 0.145. The third kappa shape index (κ3) is 2.82. The lowest BCUT2D eigenvalue weighted by atomic mass is 9.88. The molecule has 1 aliphatic rings. The Labute approximate surface area is 107 Å². The first kappa shape index (κ1) is 12.9. The third-order valence-electron chi connectivity index (χ3n) is 3.40. The smallest absolute Gasteiger partial charge is 0.305 e. The Hall–Kier alpha value is -1.55. The Bertz CT molecular complexity index is 422. The lowest BCUT2D eigenvalue weighted by Gasteiger charge is -2.43. The second kappa shape index (κ2) is 4.98. The summed E-state index contributed by atoms with van der Waals surface area (Å²) in [5.74, 6) is -0.250. The van der Waals surface area contributed by atoms with E-state index in [0.29, 0.717) is 19.0 Å². The van der Waals surface area contributed by atoms with Gasteiger partial charge in [0.1, 0.15) is 0 Å². The number of anilines is 1. The van der Waals surface area contributed by atoms with Gasteiger partial charge in [-0.1, -0.05) is 26.0 Å². The highest BCUT2D eigenvalue weighted by molar-refractivity contribution is 5.70. The van der Waals surface area contributed by atoms with Crippen LogP contribution in [0.25, 0.3) is 0 Å². The summed E-state index contributed by atoms with van der Waals surface area (Å²) in [4.78, 5) is 10.9. The van der Waals surface area contributed by atoms with E-state index >= 15 is 0 Å². The van der Waals surface area contributed by atoms with Crippen molar-refractivity contribution in [3.05, 3.63) is 29.8 Å². The molecule has 0 spiro atoms. The molecule has 4 heteroatoms. The zero-order valence-corrected chi connectivity index (χ0v) is 10.9. The fraction of sp³-hybridized carbons (Fsp3) is 0.500. The fourth-order valence-corrected chi connectivity index (χ4v) is 2.23. The molecule has 98 valence electrons. The van der Waals surface area contributed by atoms with Crippen molar-refractivity contribution in [3.8, 4) is 0 Å². The molecule has 0 bridgehead atoms. The minimum absolute atomic E-state index is 0.145. The van der Waals surface area contributed by atoms with Gasteiger partial charge in [0.25, 0.3) is 0 Å². The van der Waals surface area contributed by atoms with Gasteiger partial charge in [-0.2, -0.15) is 0 Å². The van der Waals surface area contributed by atoms with Gasteiger partial charge in [-0.25, -0.2) is 0 Å². The Morgan fingerprint density at radius 1 is 1.39 bits per heavy atom. The molecule has 1 aromatic carbocycles. The summed E-state index contributed by atoms with van der Waals surface area (Å²) in [6, 6.07) is 8.23. The topological polar surface area (TPSA) is 61.4 Å². The van der Waals surface area contributed by atoms with Crippen LogP contribution in [0.15, 0.2) is 24.3 Å². The Balaban J connectivity index is 2.05. The predicted molar refractivity (Wildman–Crippen MR) is 72.0 cm³/mol. The van der Waals surface area contributed by atoms with Gasteiger partial charge in [0.05, 0.1) is 12.0 Å². The summed E-state index contributed by atoms with van der Waals surface area (Å²) in [5.41, 5.74) is 1.95. The lowest BCUT2D eigenvalue weighted by Crippen LogP contribution is -2.65. The number of benzene rings is 1. The largest absolute Gasteiger partial charge is 0.481 e. The van der Waals surface area contributed by atoms with Crippen molar-refractivity contribution in [1.29, 1.82) is 0 Å². The molecule has 0 amide bonds. The van der Waals surface area contributed by atoms with Crippen molar-refractivity contribution < 1.29 is 9.90 Å². The number of carboxylic acid groups (broad SMARTS) is 1. The molecule has 1 fully saturated rings. The summed E-state index contributed by atoms with van der Waals surface area (Å²) in [5, 5.41) is 15.4. The van der Waals surface area contributed by atoms with Gasteiger partial charge in [0.15, 0.2) is 0 Å². The van der Waals surface area contributed by atoms with Crippen LogP contribution in [0.4, 0.5) is 5.69 Å². The van der Waals surface area contributed by atoms with Crippen molar-refractivity contribution >= 4 is 11.7 Å². The second-order valence-electron chi connectivity index (χ2n) is 5.36. The van der Waals surface area contributed by atoms with Crippen LogP contribution in [0.5, 0.6) is 0 Å². The standard InChI is InChI=1S/C14H20N2O2/c1-10(2)11-3-5-12(6-4-11)16-14(7-13(17)18)8-15-9-14/h3-6,10,15-16H,7-9H2,1-2H3,(H,17,18). The SMILES string of the molecule is CC(C)c1ccc(NC2(CC(=O)O)CNC2)cc1. The molecular formula is C14H20N2O2. The first-order chi connectivity index (χ1) is 8.51. The van der Waals surface area contributed by atoms with Crippen molar-refractivity contribution in [1.82, 2.24) is 5.32 Å². The van der Waals surface area contributed by atoms with Crippen molar-refractivity contribution in [2.24, 2.45) is 0 Å². The molecule has 1 saturated heterocycles. The van der Waals surface area contributed by atoms with E-state index in [1.165, 1.54) is 5.56 Å². The number of hydrogen-bond acceptors (Lipinski definition) is 3. The molecule has 0 aliphatic carbocycles. The summed E-state index contributed by atoms with van der Waals surface area (Å²) in [7, 11) is 0. The molecule has 18 heavy (non-hydrogen) atoms. The minimum atomic E-state index is -0.761. The summed E-state index contributed by atoms with van der Waals surface area (Å²) >= 11 is 0. The van der Waals surface area contributed by atoms with Crippen LogP contribution in [0.3, 0.4) is 0 Å². The normalized spacial score (nSPS) is 17.3. The number of rotatable bonds is 5. The van der Waals surface area contributed by atoms with Gasteiger partial charge in [0.2, 0.25) is 0 Å². The van der Waals surface area contributed by atoms with Gasteiger partial charge in [-0.05, 0) is 23.6 Å². The van der Waals surface area contributed by atoms with Gasteiger partial charge < -0.3 is 15.7 Å². The van der Waals surface area contributed by atoms with Crippen LogP contribution in [0, 0.1) is 0 Å². The van der Waals surface area contributed by atoms with Crippen LogP contribution in [0.2, 0.25) is 0 Å². The Morgan fingerprint density at radius 2 is 2.00 bits per heavy atom. The van der Waals surface area contributed by atoms with Crippen LogP contribution in [-0.4, -0.2) is 29.7 Å². The Kier molecular flexibility index (Phi) is 3.57. The third-order valence-corrected chi connectivity index (χ3v) is 3.40. The first-order valence-electron chi connectivity index (χ1n) is 6.31. The highest BCUT2D eigenvalue weighted by Crippen LogP contribution is 2.24. The lowest BCUT2D eigenvalue weighted by molar-refractivity contribution is -0.138. The Morgan fingerprint density at radius 3 is 2.39 bits per heavy atom. The molecule has 4 nitrogen and oxygen atoms in total. The van der Waals surface area contributed by atoms with E-state index in [1.807, 2.05) is 12.1 Å². The van der Waals surface area contributed by atoms with Crippen LogP contribution < -0.4 is 10.6 Å². The number of carbonyl (C=O) groups is 1. The van der Waals surface area contributed by atoms with Crippen molar-refractivity contribution in [2.75, 3.05) is 18.4 Å². The van der Waals surface area contributed by atoms with Crippen LogP contribution in [-0.2, 0) is 4.79 Å². The van der Waals surface area contributed by atoms with Gasteiger partial charge in [-0.3, -0.25) is 4.79 Å². The highest BCUT2D eigenvalue weighted by atomic mass is 16.4. The molecular weight excluding hydrogens is 228 g/mol. The van der Waals surface area contributed by atoms with Gasteiger partial charge in [0, 0.05) is 18.8 Å². The summed E-state index contributed by atoms with van der Waals surface area (Å²) < 4.78 is 0. The number of nitrogens with one attached hydrogen (secondary N) is 2. The fourth-order valence-electron chi connectivity index (χ4n) is 2.23.